The maximum atomic E-state index is 12.0. The van der Waals surface area contributed by atoms with Crippen molar-refractivity contribution in [3.8, 4) is 0 Å². The minimum absolute atomic E-state index is 0.182. The fourth-order valence-corrected chi connectivity index (χ4v) is 2.89. The number of hydrogen-bond acceptors (Lipinski definition) is 9. The molecule has 3 unspecified atom stereocenters. The average Bonchev–Trinajstić information content (AvgIpc) is 2.87. The highest BCUT2D eigenvalue weighted by atomic mass is 16.6. The molecule has 5 atom stereocenters. The van der Waals surface area contributed by atoms with E-state index in [1.165, 1.54) is 0 Å². The van der Waals surface area contributed by atoms with E-state index in [9.17, 15) is 19.2 Å². The van der Waals surface area contributed by atoms with Crippen LogP contribution in [0.25, 0.3) is 10.4 Å². The van der Waals surface area contributed by atoms with Gasteiger partial charge in [-0.15, -0.1) is 0 Å². The van der Waals surface area contributed by atoms with Crippen LogP contribution in [0.3, 0.4) is 0 Å². The van der Waals surface area contributed by atoms with Crippen LogP contribution in [0, 0.1) is 0 Å². The third-order valence-corrected chi connectivity index (χ3v) is 3.63. The highest BCUT2D eigenvalue weighted by Gasteiger charge is 2.59. The lowest BCUT2D eigenvalue weighted by molar-refractivity contribution is -0.206. The fourth-order valence-electron chi connectivity index (χ4n) is 2.89. The lowest BCUT2D eigenvalue weighted by Crippen LogP contribution is -2.67. The van der Waals surface area contributed by atoms with E-state index in [-0.39, 0.29) is 6.61 Å². The summed E-state index contributed by atoms with van der Waals surface area (Å²) in [6.07, 6.45) is -5.98. The van der Waals surface area contributed by atoms with Gasteiger partial charge in [-0.25, -0.2) is 4.79 Å². The van der Waals surface area contributed by atoms with Crippen LogP contribution < -0.4 is 0 Å². The Morgan fingerprint density at radius 1 is 1.08 bits per heavy atom. The molecule has 0 saturated carbocycles. The molecule has 0 bridgehead atoms. The van der Waals surface area contributed by atoms with Crippen molar-refractivity contribution in [3.63, 3.8) is 0 Å². The van der Waals surface area contributed by atoms with Gasteiger partial charge >= 0.3 is 24.0 Å². The molecule has 0 N–H and O–H groups in total. The van der Waals surface area contributed by atoms with E-state index in [0.717, 1.165) is 25.7 Å². The van der Waals surface area contributed by atoms with Gasteiger partial charge in [-0.05, 0) is 5.53 Å². The van der Waals surface area contributed by atoms with Crippen molar-refractivity contribution in [2.75, 3.05) is 6.61 Å². The van der Waals surface area contributed by atoms with Gasteiger partial charge in [0, 0.05) is 25.7 Å². The summed E-state index contributed by atoms with van der Waals surface area (Å²) in [6.45, 7) is 3.15. The Bertz CT molecular complexity index is 646. The maximum absolute atomic E-state index is 12.0. The van der Waals surface area contributed by atoms with Crippen LogP contribution in [0.2, 0.25) is 0 Å². The summed E-state index contributed by atoms with van der Waals surface area (Å²) in [4.78, 5) is 50.1. The number of esters is 3. The van der Waals surface area contributed by atoms with E-state index in [2.05, 4.69) is 10.0 Å². The van der Waals surface area contributed by atoms with Gasteiger partial charge in [-0.3, -0.25) is 19.3 Å². The normalized spacial score (nSPS) is 30.4. The van der Waals surface area contributed by atoms with Gasteiger partial charge in [0.1, 0.15) is 12.6 Å². The number of ether oxygens (including phenoxy) is 4. The number of cyclic esters (lactones) is 1. The van der Waals surface area contributed by atoms with Crippen LogP contribution in [0.15, 0.2) is 5.11 Å². The number of azide groups is 1. The summed E-state index contributed by atoms with van der Waals surface area (Å²) in [5, 5.41) is 3.48. The molecule has 0 radical (unpaired) electrons. The van der Waals surface area contributed by atoms with Crippen LogP contribution in [0.4, 0.5) is 4.79 Å². The van der Waals surface area contributed by atoms with Crippen molar-refractivity contribution < 1.29 is 38.1 Å². The number of carbonyl (C=O) groups excluding carboxylic acids is 4. The van der Waals surface area contributed by atoms with Crippen molar-refractivity contribution >= 4 is 24.0 Å². The molecular weight excluding hydrogens is 340 g/mol. The average molecular weight is 356 g/mol. The van der Waals surface area contributed by atoms with Crippen LogP contribution in [0.1, 0.15) is 20.8 Å². The molecule has 12 nitrogen and oxygen atoms in total. The molecule has 0 aromatic carbocycles. The third kappa shape index (κ3) is 3.74. The van der Waals surface area contributed by atoms with Crippen LogP contribution in [-0.2, 0) is 33.3 Å². The molecule has 2 aliphatic heterocycles. The van der Waals surface area contributed by atoms with Gasteiger partial charge in [0.2, 0.25) is 0 Å². The molecule has 0 aromatic heterocycles. The van der Waals surface area contributed by atoms with E-state index in [1.807, 2.05) is 0 Å². The van der Waals surface area contributed by atoms with Crippen molar-refractivity contribution in [1.82, 2.24) is 4.90 Å². The molecule has 2 fully saturated rings. The minimum Gasteiger partial charge on any atom is -0.456 e. The Morgan fingerprint density at radius 2 is 1.60 bits per heavy atom. The Kier molecular flexibility index (Phi) is 5.32. The van der Waals surface area contributed by atoms with Crippen molar-refractivity contribution in [1.29, 1.82) is 0 Å². The molecule has 0 spiro atoms. The molecule has 0 aromatic rings. The predicted molar refractivity (Wildman–Crippen MR) is 76.6 cm³/mol. The Morgan fingerprint density at radius 3 is 2.12 bits per heavy atom. The van der Waals surface area contributed by atoms with Crippen molar-refractivity contribution in [2.45, 2.75) is 51.3 Å². The first-order chi connectivity index (χ1) is 11.8. The van der Waals surface area contributed by atoms with E-state index >= 15 is 0 Å². The summed E-state index contributed by atoms with van der Waals surface area (Å²) < 4.78 is 20.4. The van der Waals surface area contributed by atoms with Gasteiger partial charge in [0.15, 0.2) is 24.5 Å². The monoisotopic (exact) mass is 356 g/mol. The summed E-state index contributed by atoms with van der Waals surface area (Å²) in [5.74, 6) is -2.21. The zero-order chi connectivity index (χ0) is 18.7. The predicted octanol–water partition coefficient (Wildman–Crippen LogP) is 0.252. The molecule has 12 heteroatoms. The number of rotatable bonds is 4. The molecule has 0 aliphatic carbocycles. The Hall–Kier alpha value is -3.01. The first kappa shape index (κ1) is 18.3. The van der Waals surface area contributed by atoms with E-state index in [4.69, 9.17) is 24.5 Å². The Labute approximate surface area is 141 Å². The second-order valence-corrected chi connectivity index (χ2v) is 5.39. The molecule has 136 valence electrons. The molecule has 1 amide bonds. The lowest BCUT2D eigenvalue weighted by Gasteiger charge is -2.45. The molecular formula is C13H16N4O8. The van der Waals surface area contributed by atoms with Crippen molar-refractivity contribution in [3.05, 3.63) is 10.4 Å². The molecule has 2 aliphatic rings. The Balaban J connectivity index is 2.52. The van der Waals surface area contributed by atoms with Gasteiger partial charge < -0.3 is 18.9 Å². The molecule has 2 heterocycles. The van der Waals surface area contributed by atoms with Gasteiger partial charge in [0.25, 0.3) is 0 Å². The molecule has 25 heavy (non-hydrogen) atoms. The number of amides is 1. The standard InChI is InChI=1S/C13H16N4O8/c1-5(18)23-9-8-4-22-13(21)17(8)12(15-16-14)11(25-7(3)20)10(9)24-6(2)19/h8-12H,4H2,1-3H3/t8?,9-,10?,11?,12+/m1/s1. The summed E-state index contributed by atoms with van der Waals surface area (Å²) in [5.41, 5.74) is 8.80. The number of fused-ring (bicyclic) bond motifs is 1. The second-order valence-electron chi connectivity index (χ2n) is 5.39. The highest BCUT2D eigenvalue weighted by Crippen LogP contribution is 2.35. The first-order valence-corrected chi connectivity index (χ1v) is 7.27. The number of hydrogen-bond donors (Lipinski definition) is 0. The third-order valence-electron chi connectivity index (χ3n) is 3.63. The topological polar surface area (TPSA) is 157 Å². The largest absolute Gasteiger partial charge is 0.456 e. The zero-order valence-electron chi connectivity index (χ0n) is 13.6. The number of piperidine rings is 1. The summed E-state index contributed by atoms with van der Waals surface area (Å²) in [6, 6.07) is -0.872. The minimum atomic E-state index is -1.37. The quantitative estimate of drug-likeness (QED) is 0.228. The number of carbonyl (C=O) groups is 4. The summed E-state index contributed by atoms with van der Waals surface area (Å²) in [7, 11) is 0. The van der Waals surface area contributed by atoms with Gasteiger partial charge in [0.05, 0.1) is 0 Å². The second kappa shape index (κ2) is 7.26. The van der Waals surface area contributed by atoms with Gasteiger partial charge in [-0.2, -0.15) is 0 Å². The van der Waals surface area contributed by atoms with Crippen molar-refractivity contribution in [2.24, 2.45) is 5.11 Å². The van der Waals surface area contributed by atoms with Crippen LogP contribution in [-0.4, -0.2) is 66.0 Å². The maximum Gasteiger partial charge on any atom is 0.410 e. The van der Waals surface area contributed by atoms with Crippen LogP contribution >= 0.6 is 0 Å². The smallest absolute Gasteiger partial charge is 0.410 e. The molecule has 2 rings (SSSR count). The van der Waals surface area contributed by atoms with E-state index in [0.29, 0.717) is 0 Å². The van der Waals surface area contributed by atoms with Gasteiger partial charge in [-0.1, -0.05) is 5.11 Å². The summed E-state index contributed by atoms with van der Waals surface area (Å²) >= 11 is 0. The number of nitrogens with zero attached hydrogens (tertiary/aromatic N) is 4. The lowest BCUT2D eigenvalue weighted by atomic mass is 9.92. The van der Waals surface area contributed by atoms with Crippen LogP contribution in [0.5, 0.6) is 0 Å². The van der Waals surface area contributed by atoms with E-state index in [1.54, 1.807) is 0 Å². The fraction of sp³-hybridized carbons (Fsp3) is 0.692. The molecule has 2 saturated heterocycles. The SMILES string of the molecule is CC(=O)OC1C(OC(C)=O)[C@@H](N=[N+]=[N-])N2C(=O)OCC2[C@H]1OC(C)=O. The first-order valence-electron chi connectivity index (χ1n) is 7.27. The highest BCUT2D eigenvalue weighted by molar-refractivity contribution is 5.73. The zero-order valence-corrected chi connectivity index (χ0v) is 13.6. The van der Waals surface area contributed by atoms with E-state index < -0.39 is 54.5 Å².